The van der Waals surface area contributed by atoms with Crippen LogP contribution in [0.3, 0.4) is 0 Å². The number of aromatic hydroxyl groups is 1. The Morgan fingerprint density at radius 3 is 2.52 bits per heavy atom. The van der Waals surface area contributed by atoms with Gasteiger partial charge in [-0.1, -0.05) is 25.2 Å². The monoisotopic (exact) mass is 375 g/mol. The molecule has 0 fully saturated rings. The molecule has 1 aliphatic heterocycles. The summed E-state index contributed by atoms with van der Waals surface area (Å²) in [6, 6.07) is 3.07. The van der Waals surface area contributed by atoms with E-state index in [0.717, 1.165) is 0 Å². The lowest BCUT2D eigenvalue weighted by Gasteiger charge is -2.20. The van der Waals surface area contributed by atoms with E-state index in [0.29, 0.717) is 11.3 Å². The number of esters is 1. The molecule has 4 N–H and O–H groups in total. The minimum Gasteiger partial charge on any atom is -0.507 e. The van der Waals surface area contributed by atoms with Crippen molar-refractivity contribution in [2.24, 2.45) is 5.92 Å². The minimum atomic E-state index is -1.55. The van der Waals surface area contributed by atoms with Crippen LogP contribution in [0.25, 0.3) is 6.08 Å². The number of aliphatic hydroxyl groups is 2. The van der Waals surface area contributed by atoms with Gasteiger partial charge in [-0.05, 0) is 31.1 Å². The van der Waals surface area contributed by atoms with Gasteiger partial charge in [0.1, 0.15) is 23.5 Å². The Morgan fingerprint density at radius 1 is 1.15 bits per heavy atom. The molecule has 7 heteroatoms. The number of nitrogens with one attached hydrogen (secondary N) is 1. The fourth-order valence-electron chi connectivity index (χ4n) is 2.64. The van der Waals surface area contributed by atoms with Gasteiger partial charge in [0, 0.05) is 24.7 Å². The van der Waals surface area contributed by atoms with Crippen molar-refractivity contribution in [3.63, 3.8) is 0 Å². The van der Waals surface area contributed by atoms with Gasteiger partial charge in [0.15, 0.2) is 5.78 Å². The first-order valence-corrected chi connectivity index (χ1v) is 8.75. The van der Waals surface area contributed by atoms with Crippen molar-refractivity contribution in [2.75, 3.05) is 12.4 Å². The number of rotatable bonds is 1. The Bertz CT molecular complexity index is 770. The summed E-state index contributed by atoms with van der Waals surface area (Å²) < 4.78 is 5.44. The van der Waals surface area contributed by atoms with Gasteiger partial charge < -0.3 is 25.4 Å². The van der Waals surface area contributed by atoms with Crippen molar-refractivity contribution in [3.05, 3.63) is 41.5 Å². The number of benzene rings is 1. The van der Waals surface area contributed by atoms with E-state index in [1.807, 2.05) is 0 Å². The summed E-state index contributed by atoms with van der Waals surface area (Å²) in [7, 11) is 1.67. The van der Waals surface area contributed by atoms with Crippen molar-refractivity contribution >= 4 is 23.5 Å². The molecule has 146 valence electrons. The van der Waals surface area contributed by atoms with Crippen LogP contribution in [-0.2, 0) is 9.53 Å². The Balaban J connectivity index is 2.50. The highest BCUT2D eigenvalue weighted by Crippen LogP contribution is 2.29. The summed E-state index contributed by atoms with van der Waals surface area (Å²) in [6.45, 7) is 3.42. The fraction of sp³-hybridized carbons (Fsp3) is 0.400. The number of anilines is 1. The van der Waals surface area contributed by atoms with E-state index in [2.05, 4.69) is 5.32 Å². The van der Waals surface area contributed by atoms with E-state index in [-0.39, 0.29) is 23.7 Å². The molecule has 0 spiro atoms. The number of phenolic OH excluding ortho intramolecular Hbond substituents is 1. The van der Waals surface area contributed by atoms with Crippen molar-refractivity contribution < 1.29 is 29.6 Å². The molecule has 0 aromatic heterocycles. The summed E-state index contributed by atoms with van der Waals surface area (Å²) in [4.78, 5) is 24.6. The number of aliphatic hydroxyl groups excluding tert-OH is 2. The predicted molar refractivity (Wildman–Crippen MR) is 102 cm³/mol. The van der Waals surface area contributed by atoms with Gasteiger partial charge in [-0.3, -0.25) is 4.79 Å². The molecule has 2 rings (SSSR count). The van der Waals surface area contributed by atoms with Crippen molar-refractivity contribution in [1.82, 2.24) is 0 Å². The molecule has 0 amide bonds. The number of ketones is 1. The molecule has 4 atom stereocenters. The molecule has 1 aliphatic rings. The van der Waals surface area contributed by atoms with E-state index in [1.165, 1.54) is 30.4 Å². The SMILES string of the molecule is CNc1cc(O)c2c(c1)/C=C/CC(O)[C@@H](O)C(=O)/C=C\[C@@H](C)C(C)OC2=O. The summed E-state index contributed by atoms with van der Waals surface area (Å²) >= 11 is 0. The summed E-state index contributed by atoms with van der Waals surface area (Å²) in [5.41, 5.74) is 0.992. The summed E-state index contributed by atoms with van der Waals surface area (Å²) in [5, 5.41) is 33.2. The molecule has 0 saturated heterocycles. The van der Waals surface area contributed by atoms with Gasteiger partial charge in [-0.2, -0.15) is 0 Å². The molecular formula is C20H25NO6. The second kappa shape index (κ2) is 8.83. The highest BCUT2D eigenvalue weighted by Gasteiger charge is 2.25. The van der Waals surface area contributed by atoms with E-state index < -0.39 is 30.1 Å². The maximum absolute atomic E-state index is 12.6. The van der Waals surface area contributed by atoms with Crippen LogP contribution >= 0.6 is 0 Å². The first-order valence-electron chi connectivity index (χ1n) is 8.75. The second-order valence-electron chi connectivity index (χ2n) is 6.59. The first kappa shape index (κ1) is 20.7. The number of carbonyl (C=O) groups is 2. The van der Waals surface area contributed by atoms with Gasteiger partial charge in [-0.15, -0.1) is 0 Å². The van der Waals surface area contributed by atoms with Crippen LogP contribution in [0, 0.1) is 5.92 Å². The van der Waals surface area contributed by atoms with Gasteiger partial charge in [0.05, 0.1) is 6.10 Å². The molecule has 0 aliphatic carbocycles. The van der Waals surface area contributed by atoms with Crippen molar-refractivity contribution in [3.8, 4) is 5.75 Å². The molecule has 2 unspecified atom stereocenters. The standard InChI is InChI=1S/C20H25NO6/c1-11-7-8-16(23)19(25)15(22)6-4-5-13-9-14(21-3)10-17(24)18(13)20(26)27-12(11)2/h4-5,7-12,15,19,21-22,24-25H,6H2,1-3H3/b5-4+,8-7-/t11-,12?,15?,19-/m1/s1. The Hall–Kier alpha value is -2.64. The van der Waals surface area contributed by atoms with E-state index in [9.17, 15) is 24.9 Å². The molecule has 0 saturated carbocycles. The zero-order valence-corrected chi connectivity index (χ0v) is 15.5. The van der Waals surface area contributed by atoms with Gasteiger partial charge >= 0.3 is 5.97 Å². The van der Waals surface area contributed by atoms with Crippen LogP contribution in [0.2, 0.25) is 0 Å². The molecule has 7 nitrogen and oxygen atoms in total. The number of phenols is 1. The van der Waals surface area contributed by atoms with Gasteiger partial charge in [0.2, 0.25) is 0 Å². The largest absolute Gasteiger partial charge is 0.507 e. The molecule has 1 aromatic carbocycles. The molecule has 0 radical (unpaired) electrons. The average molecular weight is 375 g/mol. The smallest absolute Gasteiger partial charge is 0.342 e. The molecular weight excluding hydrogens is 350 g/mol. The second-order valence-corrected chi connectivity index (χ2v) is 6.59. The van der Waals surface area contributed by atoms with Crippen molar-refractivity contribution in [2.45, 2.75) is 38.6 Å². The van der Waals surface area contributed by atoms with E-state index in [1.54, 1.807) is 27.0 Å². The topological polar surface area (TPSA) is 116 Å². The lowest BCUT2D eigenvalue weighted by Crippen LogP contribution is -2.32. The van der Waals surface area contributed by atoms with Crippen LogP contribution in [0.1, 0.15) is 36.2 Å². The number of carbonyl (C=O) groups excluding carboxylic acids is 2. The van der Waals surface area contributed by atoms with Crippen LogP contribution in [0.5, 0.6) is 5.75 Å². The van der Waals surface area contributed by atoms with Crippen LogP contribution in [-0.4, -0.2) is 52.4 Å². The third kappa shape index (κ3) is 4.96. The third-order valence-electron chi connectivity index (χ3n) is 4.57. The molecule has 27 heavy (non-hydrogen) atoms. The normalized spacial score (nSPS) is 29.2. The van der Waals surface area contributed by atoms with Gasteiger partial charge in [0.25, 0.3) is 0 Å². The average Bonchev–Trinajstić information content (AvgIpc) is 2.63. The first-order chi connectivity index (χ1) is 12.7. The zero-order valence-electron chi connectivity index (χ0n) is 15.5. The fourth-order valence-corrected chi connectivity index (χ4v) is 2.64. The van der Waals surface area contributed by atoms with E-state index >= 15 is 0 Å². The molecule has 1 heterocycles. The lowest BCUT2D eigenvalue weighted by molar-refractivity contribution is -0.127. The number of hydrogen-bond acceptors (Lipinski definition) is 7. The number of hydrogen-bond donors (Lipinski definition) is 4. The quantitative estimate of drug-likeness (QED) is 0.554. The maximum atomic E-state index is 12.6. The highest BCUT2D eigenvalue weighted by molar-refractivity contribution is 5.97. The Labute approximate surface area is 158 Å². The van der Waals surface area contributed by atoms with Crippen LogP contribution < -0.4 is 5.32 Å². The Morgan fingerprint density at radius 2 is 1.85 bits per heavy atom. The maximum Gasteiger partial charge on any atom is 0.342 e. The highest BCUT2D eigenvalue weighted by atomic mass is 16.5. The summed E-state index contributed by atoms with van der Waals surface area (Å²) in [6.07, 6.45) is 2.34. The zero-order chi connectivity index (χ0) is 20.1. The van der Waals surface area contributed by atoms with E-state index in [4.69, 9.17) is 4.74 Å². The third-order valence-corrected chi connectivity index (χ3v) is 4.57. The van der Waals surface area contributed by atoms with Crippen molar-refractivity contribution in [1.29, 1.82) is 0 Å². The minimum absolute atomic E-state index is 0.00820. The summed E-state index contributed by atoms with van der Waals surface area (Å²) in [5.74, 6) is -1.85. The molecule has 0 bridgehead atoms. The molecule has 1 aromatic rings. The predicted octanol–water partition coefficient (Wildman–Crippen LogP) is 1.88. The van der Waals surface area contributed by atoms with Crippen LogP contribution in [0.15, 0.2) is 30.4 Å². The van der Waals surface area contributed by atoms with Crippen LogP contribution in [0.4, 0.5) is 5.69 Å². The lowest BCUT2D eigenvalue weighted by atomic mass is 9.99. The van der Waals surface area contributed by atoms with Gasteiger partial charge in [-0.25, -0.2) is 4.79 Å². The Kier molecular flexibility index (Phi) is 6.76. The number of fused-ring (bicyclic) bond motifs is 1. The number of cyclic esters (lactones) is 1. The number of ether oxygens (including phenoxy) is 1.